The van der Waals surface area contributed by atoms with Crippen LogP contribution in [0.2, 0.25) is 0 Å². The second-order valence-electron chi connectivity index (χ2n) is 11.9. The Balaban J connectivity index is 0.00000144. The Hall–Kier alpha value is -4.32. The summed E-state index contributed by atoms with van der Waals surface area (Å²) in [5.41, 5.74) is 10.8. The number of aryl methyl sites for hydroxylation is 2. The van der Waals surface area contributed by atoms with Crippen LogP contribution in [0.4, 0.5) is 0 Å². The van der Waals surface area contributed by atoms with Gasteiger partial charge in [-0.05, 0) is 70.6 Å². The Labute approximate surface area is 284 Å². The van der Waals surface area contributed by atoms with Crippen molar-refractivity contribution < 1.29 is 0 Å². The van der Waals surface area contributed by atoms with Crippen molar-refractivity contribution in [2.24, 2.45) is 28.1 Å². The number of imidazole rings is 1. The van der Waals surface area contributed by atoms with E-state index in [4.69, 9.17) is 4.98 Å². The number of pyridine rings is 1. The first-order valence-electron chi connectivity index (χ1n) is 17.4. The summed E-state index contributed by atoms with van der Waals surface area (Å²) in [6, 6.07) is 19.2. The largest absolute Gasteiger partial charge is 0.308 e. The van der Waals surface area contributed by atoms with Crippen molar-refractivity contribution >= 4 is 16.9 Å². The topological polar surface area (TPSA) is 58.7 Å². The molecule has 6 heteroatoms. The molecule has 0 spiro atoms. The lowest BCUT2D eigenvalue weighted by Crippen LogP contribution is -2.27. The Bertz CT molecular complexity index is 1690. The SMILES string of the molecule is C=C1C(CN(N=NC)C(=C)c2ccccc2-c2ccc(Cn3c(CCC)nc4c(C)ccnc43)cc2)=CC(C)C(C)C1C.CC.CC. The van der Waals surface area contributed by atoms with Crippen LogP contribution in [0.5, 0.6) is 0 Å². The van der Waals surface area contributed by atoms with Crippen LogP contribution in [0.25, 0.3) is 28.0 Å². The molecular formula is C41H56N6. The molecule has 3 unspecified atom stereocenters. The molecule has 0 radical (unpaired) electrons. The second kappa shape index (κ2) is 17.6. The summed E-state index contributed by atoms with van der Waals surface area (Å²) in [5, 5.41) is 10.6. The number of allylic oxidation sites excluding steroid dienone is 1. The van der Waals surface area contributed by atoms with Crippen molar-refractivity contribution in [1.82, 2.24) is 19.5 Å². The van der Waals surface area contributed by atoms with Gasteiger partial charge in [-0.25, -0.2) is 15.0 Å². The van der Waals surface area contributed by atoms with Gasteiger partial charge in [0.2, 0.25) is 0 Å². The van der Waals surface area contributed by atoms with Gasteiger partial charge in [0.05, 0.1) is 25.8 Å². The second-order valence-corrected chi connectivity index (χ2v) is 11.9. The predicted octanol–water partition coefficient (Wildman–Crippen LogP) is 11.1. The van der Waals surface area contributed by atoms with Crippen LogP contribution in [0, 0.1) is 24.7 Å². The molecular weight excluding hydrogens is 576 g/mol. The lowest BCUT2D eigenvalue weighted by Gasteiger charge is -2.34. The van der Waals surface area contributed by atoms with Crippen LogP contribution in [-0.2, 0) is 13.0 Å². The maximum Gasteiger partial charge on any atom is 0.160 e. The lowest BCUT2D eigenvalue weighted by molar-refractivity contribution is 0.334. The maximum atomic E-state index is 4.94. The summed E-state index contributed by atoms with van der Waals surface area (Å²) < 4.78 is 2.26. The van der Waals surface area contributed by atoms with Crippen molar-refractivity contribution in [2.45, 2.75) is 81.7 Å². The third kappa shape index (κ3) is 8.34. The molecule has 0 N–H and O–H groups in total. The third-order valence-corrected chi connectivity index (χ3v) is 9.11. The molecule has 0 bridgehead atoms. The standard InChI is InChI=1S/C37H44N6.2C2H6/c1-9-12-35-40-36-24(2)19-20-39-37(36)42(35)22-30-15-17-31(18-16-30)34-14-11-10-13-33(34)29(7)43(41-38-8)23-32-21-25(3)26(4)27(5)28(32)6;2*1-2/h10-11,13-21,25-27H,6-7,9,12,22-23H2,1-5,8H3;2*1-2H3. The number of aromatic nitrogens is 3. The van der Waals surface area contributed by atoms with E-state index in [-0.39, 0.29) is 0 Å². The summed E-state index contributed by atoms with van der Waals surface area (Å²) in [5.74, 6) is 2.56. The van der Waals surface area contributed by atoms with Crippen LogP contribution in [0.1, 0.15) is 84.3 Å². The first-order chi connectivity index (χ1) is 22.7. The molecule has 0 amide bonds. The monoisotopic (exact) mass is 632 g/mol. The van der Waals surface area contributed by atoms with Crippen molar-refractivity contribution in [3.63, 3.8) is 0 Å². The number of benzene rings is 2. The van der Waals surface area contributed by atoms with Crippen molar-refractivity contribution in [3.05, 3.63) is 114 Å². The van der Waals surface area contributed by atoms with Gasteiger partial charge in [0, 0.05) is 18.2 Å². The van der Waals surface area contributed by atoms with Crippen molar-refractivity contribution in [3.8, 4) is 11.1 Å². The quantitative estimate of drug-likeness (QED) is 0.129. The zero-order chi connectivity index (χ0) is 34.7. The lowest BCUT2D eigenvalue weighted by atomic mass is 9.73. The van der Waals surface area contributed by atoms with Gasteiger partial charge in [-0.1, -0.05) is 128 Å². The average Bonchev–Trinajstić information content (AvgIpc) is 3.45. The van der Waals surface area contributed by atoms with E-state index in [0.29, 0.717) is 24.3 Å². The number of hydrogen-bond donors (Lipinski definition) is 0. The first-order valence-corrected chi connectivity index (χ1v) is 17.4. The summed E-state index contributed by atoms with van der Waals surface area (Å²) in [4.78, 5) is 9.63. The van der Waals surface area contributed by atoms with E-state index in [1.807, 2.05) is 45.0 Å². The van der Waals surface area contributed by atoms with Gasteiger partial charge < -0.3 is 4.57 Å². The molecule has 5 rings (SSSR count). The summed E-state index contributed by atoms with van der Waals surface area (Å²) in [6.07, 6.45) is 6.19. The molecule has 6 nitrogen and oxygen atoms in total. The first kappa shape index (κ1) is 37.1. The molecule has 1 aliphatic carbocycles. The van der Waals surface area contributed by atoms with E-state index < -0.39 is 0 Å². The van der Waals surface area contributed by atoms with Gasteiger partial charge in [-0.15, -0.1) is 0 Å². The van der Waals surface area contributed by atoms with E-state index in [2.05, 4.69) is 122 Å². The molecule has 2 aromatic carbocycles. The molecule has 0 fully saturated rings. The third-order valence-electron chi connectivity index (χ3n) is 9.11. The molecule has 0 aliphatic heterocycles. The summed E-state index contributed by atoms with van der Waals surface area (Å²) in [6.45, 7) is 29.4. The highest BCUT2D eigenvalue weighted by molar-refractivity contribution is 5.80. The maximum absolute atomic E-state index is 4.94. The molecule has 250 valence electrons. The van der Waals surface area contributed by atoms with Gasteiger partial charge in [-0.2, -0.15) is 5.11 Å². The Kier molecular flexibility index (Phi) is 13.9. The summed E-state index contributed by atoms with van der Waals surface area (Å²) >= 11 is 0. The van der Waals surface area contributed by atoms with Gasteiger partial charge in [-0.3, -0.25) is 0 Å². The van der Waals surface area contributed by atoms with Crippen LogP contribution in [0.3, 0.4) is 0 Å². The Morgan fingerprint density at radius 2 is 1.66 bits per heavy atom. The van der Waals surface area contributed by atoms with E-state index in [9.17, 15) is 0 Å². The number of hydrogen-bond acceptors (Lipinski definition) is 4. The minimum absolute atomic E-state index is 0.424. The number of rotatable bonds is 10. The van der Waals surface area contributed by atoms with Crippen LogP contribution in [-0.4, -0.2) is 33.1 Å². The minimum atomic E-state index is 0.424. The fraction of sp³-hybridized carbons (Fsp3) is 0.415. The highest BCUT2D eigenvalue weighted by Gasteiger charge is 2.28. The van der Waals surface area contributed by atoms with Crippen molar-refractivity contribution in [1.29, 1.82) is 0 Å². The predicted molar refractivity (Wildman–Crippen MR) is 201 cm³/mol. The molecule has 0 saturated carbocycles. The highest BCUT2D eigenvalue weighted by Crippen LogP contribution is 2.38. The smallest absolute Gasteiger partial charge is 0.160 e. The van der Waals surface area contributed by atoms with E-state index >= 15 is 0 Å². The molecule has 4 aromatic rings. The van der Waals surface area contributed by atoms with Gasteiger partial charge in [0.1, 0.15) is 11.3 Å². The number of fused-ring (bicyclic) bond motifs is 1. The van der Waals surface area contributed by atoms with Gasteiger partial charge >= 0.3 is 0 Å². The minimum Gasteiger partial charge on any atom is -0.308 e. The van der Waals surface area contributed by atoms with Gasteiger partial charge in [0.15, 0.2) is 5.65 Å². The molecule has 2 aromatic heterocycles. The number of nitrogens with zero attached hydrogens (tertiary/aromatic N) is 6. The normalized spacial score (nSPS) is 17.4. The molecule has 47 heavy (non-hydrogen) atoms. The van der Waals surface area contributed by atoms with E-state index in [1.165, 1.54) is 16.7 Å². The van der Waals surface area contributed by atoms with E-state index in [1.54, 1.807) is 7.05 Å². The zero-order valence-electron chi connectivity index (χ0n) is 30.5. The Morgan fingerprint density at radius 1 is 0.979 bits per heavy atom. The highest BCUT2D eigenvalue weighted by atomic mass is 15.5. The average molecular weight is 633 g/mol. The Morgan fingerprint density at radius 3 is 2.32 bits per heavy atom. The fourth-order valence-electron chi connectivity index (χ4n) is 6.11. The molecule has 2 heterocycles. The summed E-state index contributed by atoms with van der Waals surface area (Å²) in [7, 11) is 1.70. The molecule has 1 aliphatic rings. The zero-order valence-corrected chi connectivity index (χ0v) is 30.5. The van der Waals surface area contributed by atoms with E-state index in [0.717, 1.165) is 64.3 Å². The van der Waals surface area contributed by atoms with Gasteiger partial charge in [0.25, 0.3) is 0 Å². The molecule has 0 saturated heterocycles. The van der Waals surface area contributed by atoms with Crippen molar-refractivity contribution in [2.75, 3.05) is 13.6 Å². The van der Waals surface area contributed by atoms with Crippen LogP contribution < -0.4 is 0 Å². The van der Waals surface area contributed by atoms with Crippen LogP contribution >= 0.6 is 0 Å². The molecule has 3 atom stereocenters. The fourth-order valence-corrected chi connectivity index (χ4v) is 6.11. The van der Waals surface area contributed by atoms with Crippen LogP contribution in [0.15, 0.2) is 102 Å².